The van der Waals surface area contributed by atoms with Gasteiger partial charge in [-0.05, 0) is 54.7 Å². The molecule has 2 aromatic carbocycles. The summed E-state index contributed by atoms with van der Waals surface area (Å²) in [6, 6.07) is 5.96. The van der Waals surface area contributed by atoms with Crippen molar-refractivity contribution in [2.75, 3.05) is 0 Å². The van der Waals surface area contributed by atoms with E-state index in [1.807, 2.05) is 13.8 Å². The predicted octanol–water partition coefficient (Wildman–Crippen LogP) is 5.25. The van der Waals surface area contributed by atoms with Gasteiger partial charge in [0.05, 0.1) is 0 Å². The third-order valence-electron chi connectivity index (χ3n) is 4.64. The fraction of sp³-hybridized carbons (Fsp3) is 0.318. The van der Waals surface area contributed by atoms with Crippen molar-refractivity contribution in [2.45, 2.75) is 45.6 Å². The summed E-state index contributed by atoms with van der Waals surface area (Å²) in [4.78, 5) is 10.9. The van der Waals surface area contributed by atoms with Gasteiger partial charge in [0.15, 0.2) is 11.5 Å². The molecule has 2 aromatic rings. The Morgan fingerprint density at radius 1 is 1.23 bits per heavy atom. The molecule has 136 valence electrons. The number of phenolic OH excluding ortho intramolecular Hbond substituents is 1. The molecule has 3 nitrogen and oxygen atoms in total. The molecule has 1 aliphatic heterocycles. The van der Waals surface area contributed by atoms with Crippen LogP contribution in [0.1, 0.15) is 50.3 Å². The zero-order chi connectivity index (χ0) is 19.1. The zero-order valence-corrected chi connectivity index (χ0v) is 15.5. The van der Waals surface area contributed by atoms with Crippen LogP contribution in [0.3, 0.4) is 0 Å². The number of ether oxygens (including phenoxy) is 1. The van der Waals surface area contributed by atoms with Crippen molar-refractivity contribution < 1.29 is 19.0 Å². The lowest BCUT2D eigenvalue weighted by Gasteiger charge is -2.21. The van der Waals surface area contributed by atoms with Gasteiger partial charge < -0.3 is 9.84 Å². The van der Waals surface area contributed by atoms with Crippen LogP contribution in [0, 0.1) is 5.82 Å². The van der Waals surface area contributed by atoms with Crippen LogP contribution in [0.5, 0.6) is 11.5 Å². The van der Waals surface area contributed by atoms with Gasteiger partial charge in [-0.3, -0.25) is 4.79 Å². The van der Waals surface area contributed by atoms with E-state index in [0.717, 1.165) is 16.7 Å². The van der Waals surface area contributed by atoms with Crippen LogP contribution in [0.4, 0.5) is 4.39 Å². The Kier molecular flexibility index (Phi) is 4.61. The van der Waals surface area contributed by atoms with Crippen LogP contribution in [0.15, 0.2) is 30.3 Å². The van der Waals surface area contributed by atoms with Crippen LogP contribution in [0.2, 0.25) is 0 Å². The Bertz CT molecular complexity index is 877. The third-order valence-corrected chi connectivity index (χ3v) is 4.64. The fourth-order valence-electron chi connectivity index (χ4n) is 3.70. The average Bonchev–Trinajstić information content (AvgIpc) is 2.89. The van der Waals surface area contributed by atoms with Crippen molar-refractivity contribution in [2.24, 2.45) is 0 Å². The van der Waals surface area contributed by atoms with E-state index in [1.54, 1.807) is 18.2 Å². The zero-order valence-electron chi connectivity index (χ0n) is 15.5. The number of halogens is 1. The highest BCUT2D eigenvalue weighted by molar-refractivity contribution is 5.89. The predicted molar refractivity (Wildman–Crippen MR) is 101 cm³/mol. The Morgan fingerprint density at radius 2 is 1.88 bits per heavy atom. The Morgan fingerprint density at radius 3 is 2.46 bits per heavy atom. The minimum atomic E-state index is -0.420. The van der Waals surface area contributed by atoms with Crippen molar-refractivity contribution in [1.29, 1.82) is 0 Å². The fourth-order valence-corrected chi connectivity index (χ4v) is 3.70. The van der Waals surface area contributed by atoms with Gasteiger partial charge in [-0.15, -0.1) is 0 Å². The topological polar surface area (TPSA) is 46.5 Å². The van der Waals surface area contributed by atoms with Crippen LogP contribution in [-0.4, -0.2) is 17.0 Å². The number of aldehydes is 1. The molecular formula is C22H23FO3. The number of phenols is 1. The van der Waals surface area contributed by atoms with E-state index < -0.39 is 5.60 Å². The van der Waals surface area contributed by atoms with Crippen LogP contribution in [-0.2, 0) is 11.2 Å². The maximum atomic E-state index is 13.4. The number of rotatable bonds is 4. The van der Waals surface area contributed by atoms with Crippen LogP contribution < -0.4 is 4.74 Å². The highest BCUT2D eigenvalue weighted by Crippen LogP contribution is 2.52. The van der Waals surface area contributed by atoms with Crippen molar-refractivity contribution in [3.05, 3.63) is 52.8 Å². The number of allylic oxidation sites excluding steroid dienone is 1. The number of benzene rings is 2. The first-order valence-electron chi connectivity index (χ1n) is 8.73. The first-order chi connectivity index (χ1) is 12.2. The molecule has 4 heteroatoms. The van der Waals surface area contributed by atoms with Gasteiger partial charge in [0.2, 0.25) is 0 Å². The molecule has 0 radical (unpaired) electrons. The highest BCUT2D eigenvalue weighted by atomic mass is 19.1. The van der Waals surface area contributed by atoms with Crippen molar-refractivity contribution >= 4 is 12.4 Å². The molecular weight excluding hydrogens is 331 g/mol. The number of carbonyl (C=O) groups is 1. The second-order valence-electron chi connectivity index (χ2n) is 7.55. The molecule has 0 atom stereocenters. The summed E-state index contributed by atoms with van der Waals surface area (Å²) in [7, 11) is 0. The van der Waals surface area contributed by atoms with Crippen LogP contribution in [0.25, 0.3) is 17.2 Å². The molecule has 0 aromatic heterocycles. The summed E-state index contributed by atoms with van der Waals surface area (Å²) >= 11 is 0. The lowest BCUT2D eigenvalue weighted by atomic mass is 9.83. The smallest absolute Gasteiger partial charge is 0.166 e. The Balaban J connectivity index is 2.39. The number of hydrogen-bond acceptors (Lipinski definition) is 3. The summed E-state index contributed by atoms with van der Waals surface area (Å²) in [5, 5.41) is 11.0. The van der Waals surface area contributed by atoms with Gasteiger partial charge in [0.25, 0.3) is 0 Å². The summed E-state index contributed by atoms with van der Waals surface area (Å²) in [6.45, 7) is 8.11. The number of carbonyl (C=O) groups excluding carboxylic acids is 1. The normalized spacial score (nSPS) is 15.3. The first-order valence-corrected chi connectivity index (χ1v) is 8.73. The molecule has 0 bridgehead atoms. The SMILES string of the molecule is CC(C)c1c(/C=C/C=O)c(-c2ccc(F)cc2)c(O)c2c1CC(C)(C)O2. The minimum absolute atomic E-state index is 0.0344. The van der Waals surface area contributed by atoms with Gasteiger partial charge in [-0.2, -0.15) is 0 Å². The number of fused-ring (bicyclic) bond motifs is 1. The molecule has 0 aliphatic carbocycles. The second kappa shape index (κ2) is 6.60. The first kappa shape index (κ1) is 18.2. The van der Waals surface area contributed by atoms with E-state index in [4.69, 9.17) is 4.74 Å². The maximum Gasteiger partial charge on any atom is 0.166 e. The lowest BCUT2D eigenvalue weighted by molar-refractivity contribution is -0.104. The quantitative estimate of drug-likeness (QED) is 0.603. The largest absolute Gasteiger partial charge is 0.504 e. The third kappa shape index (κ3) is 3.12. The molecule has 1 heterocycles. The van der Waals surface area contributed by atoms with E-state index in [9.17, 15) is 14.3 Å². The number of hydrogen-bond donors (Lipinski definition) is 1. The van der Waals surface area contributed by atoms with Crippen molar-refractivity contribution in [1.82, 2.24) is 0 Å². The molecule has 0 amide bonds. The summed E-state index contributed by atoms with van der Waals surface area (Å²) in [5.41, 5.74) is 3.60. The minimum Gasteiger partial charge on any atom is -0.504 e. The molecule has 0 saturated carbocycles. The van der Waals surface area contributed by atoms with Gasteiger partial charge in [-0.1, -0.05) is 32.1 Å². The van der Waals surface area contributed by atoms with E-state index >= 15 is 0 Å². The van der Waals surface area contributed by atoms with E-state index in [1.165, 1.54) is 18.2 Å². The van der Waals surface area contributed by atoms with Crippen molar-refractivity contribution in [3.8, 4) is 22.6 Å². The molecule has 0 spiro atoms. The molecule has 0 unspecified atom stereocenters. The van der Waals surface area contributed by atoms with Crippen LogP contribution >= 0.6 is 0 Å². The highest BCUT2D eigenvalue weighted by Gasteiger charge is 2.37. The lowest BCUT2D eigenvalue weighted by Crippen LogP contribution is -2.24. The molecule has 0 saturated heterocycles. The summed E-state index contributed by atoms with van der Waals surface area (Å²) in [5.74, 6) is 0.335. The summed E-state index contributed by atoms with van der Waals surface area (Å²) < 4.78 is 19.4. The van der Waals surface area contributed by atoms with Gasteiger partial charge in [0.1, 0.15) is 17.7 Å². The number of aromatic hydroxyl groups is 1. The maximum absolute atomic E-state index is 13.4. The molecule has 0 fully saturated rings. The van der Waals surface area contributed by atoms with Gasteiger partial charge in [0, 0.05) is 17.5 Å². The standard InChI is InChI=1S/C22H23FO3/c1-13(2)18-16(6-5-11-24)19(14-7-9-15(23)10-8-14)20(25)21-17(18)12-22(3,4)26-21/h5-11,13,25H,12H2,1-4H3/b6-5+. The van der Waals surface area contributed by atoms with Gasteiger partial charge >= 0.3 is 0 Å². The monoisotopic (exact) mass is 354 g/mol. The molecule has 1 N–H and O–H groups in total. The molecule has 26 heavy (non-hydrogen) atoms. The Hall–Kier alpha value is -2.62. The second-order valence-corrected chi connectivity index (χ2v) is 7.55. The molecule has 3 rings (SSSR count). The van der Waals surface area contributed by atoms with Gasteiger partial charge in [-0.25, -0.2) is 4.39 Å². The van der Waals surface area contributed by atoms with Crippen molar-refractivity contribution in [3.63, 3.8) is 0 Å². The van der Waals surface area contributed by atoms with E-state index in [-0.39, 0.29) is 17.5 Å². The van der Waals surface area contributed by atoms with E-state index in [2.05, 4.69) is 13.8 Å². The molecule has 1 aliphatic rings. The summed E-state index contributed by atoms with van der Waals surface area (Å²) in [6.07, 6.45) is 4.52. The average molecular weight is 354 g/mol. The Labute approximate surface area is 153 Å². The van der Waals surface area contributed by atoms with E-state index in [0.29, 0.717) is 29.6 Å².